The standard InChI is InChI=1S/C30H34F7N5O3/c1-39(2)10-4-3-8-24-27(44)40(17-19-6-5-7-23(31)14-19)18-25-41(11-9-26(43)42(24)25)28(45)38-16-20-12-21(29(32,33)34)15-22(13-20)30(35,36)37/h5-7,12-15,24-25H,3-4,8-11,16-18H2,1-2H3,(H,38,45)/t24-,25+/m0/s1. The van der Waals surface area contributed by atoms with E-state index in [0.717, 1.165) is 13.0 Å². The quantitative estimate of drug-likeness (QED) is 0.305. The van der Waals surface area contributed by atoms with Crippen LogP contribution in [0.15, 0.2) is 42.5 Å². The van der Waals surface area contributed by atoms with Gasteiger partial charge in [0.25, 0.3) is 0 Å². The van der Waals surface area contributed by atoms with Gasteiger partial charge in [-0.2, -0.15) is 26.3 Å². The van der Waals surface area contributed by atoms with Crippen molar-refractivity contribution in [3.8, 4) is 0 Å². The summed E-state index contributed by atoms with van der Waals surface area (Å²) < 4.78 is 93.9. The Morgan fingerprint density at radius 1 is 0.956 bits per heavy atom. The molecule has 4 amide bonds. The molecule has 0 unspecified atom stereocenters. The molecule has 45 heavy (non-hydrogen) atoms. The van der Waals surface area contributed by atoms with Crippen LogP contribution in [0, 0.1) is 5.82 Å². The van der Waals surface area contributed by atoms with Gasteiger partial charge in [0.05, 0.1) is 17.7 Å². The normalized spacial score (nSPS) is 19.3. The number of fused-ring (bicyclic) bond motifs is 1. The summed E-state index contributed by atoms with van der Waals surface area (Å²) in [4.78, 5) is 46.3. The monoisotopic (exact) mass is 645 g/mol. The lowest BCUT2D eigenvalue weighted by atomic mass is 9.98. The van der Waals surface area contributed by atoms with Crippen molar-refractivity contribution >= 4 is 17.8 Å². The summed E-state index contributed by atoms with van der Waals surface area (Å²) in [6, 6.07) is 4.98. The van der Waals surface area contributed by atoms with Crippen LogP contribution in [0.4, 0.5) is 35.5 Å². The highest BCUT2D eigenvalue weighted by molar-refractivity contribution is 5.91. The van der Waals surface area contributed by atoms with Crippen LogP contribution in [0.3, 0.4) is 0 Å². The van der Waals surface area contributed by atoms with E-state index in [4.69, 9.17) is 0 Å². The van der Waals surface area contributed by atoms with Crippen molar-refractivity contribution in [1.82, 2.24) is 24.9 Å². The van der Waals surface area contributed by atoms with Gasteiger partial charge in [0.1, 0.15) is 18.0 Å². The Morgan fingerprint density at radius 2 is 1.62 bits per heavy atom. The minimum Gasteiger partial charge on any atom is -0.334 e. The Morgan fingerprint density at radius 3 is 2.22 bits per heavy atom. The molecule has 0 spiro atoms. The first-order valence-corrected chi connectivity index (χ1v) is 14.4. The zero-order valence-corrected chi connectivity index (χ0v) is 24.7. The number of carbonyl (C=O) groups is 3. The minimum atomic E-state index is -5.05. The van der Waals surface area contributed by atoms with Crippen LogP contribution < -0.4 is 5.32 Å². The van der Waals surface area contributed by atoms with Gasteiger partial charge in [-0.25, -0.2) is 9.18 Å². The fourth-order valence-corrected chi connectivity index (χ4v) is 5.66. The van der Waals surface area contributed by atoms with Crippen molar-refractivity contribution in [2.45, 2.75) is 63.3 Å². The van der Waals surface area contributed by atoms with E-state index in [0.29, 0.717) is 30.5 Å². The zero-order valence-electron chi connectivity index (χ0n) is 24.7. The number of piperazine rings is 1. The van der Waals surface area contributed by atoms with E-state index in [2.05, 4.69) is 5.32 Å². The third kappa shape index (κ3) is 8.44. The molecule has 0 aromatic heterocycles. The van der Waals surface area contributed by atoms with Gasteiger partial charge in [-0.15, -0.1) is 0 Å². The van der Waals surface area contributed by atoms with Gasteiger partial charge in [-0.3, -0.25) is 9.59 Å². The third-order valence-electron chi connectivity index (χ3n) is 7.80. The Bertz CT molecular complexity index is 1370. The second-order valence-corrected chi connectivity index (χ2v) is 11.5. The van der Waals surface area contributed by atoms with E-state index in [1.165, 1.54) is 32.9 Å². The molecule has 4 rings (SSSR count). The van der Waals surface area contributed by atoms with Gasteiger partial charge >= 0.3 is 18.4 Å². The molecule has 0 radical (unpaired) electrons. The Balaban J connectivity index is 1.58. The molecule has 2 heterocycles. The van der Waals surface area contributed by atoms with Crippen LogP contribution in [0.1, 0.15) is 47.9 Å². The summed E-state index contributed by atoms with van der Waals surface area (Å²) in [6.07, 6.45) is -9.56. The van der Waals surface area contributed by atoms with E-state index in [1.807, 2.05) is 19.0 Å². The van der Waals surface area contributed by atoms with Crippen LogP contribution in [0.5, 0.6) is 0 Å². The molecule has 1 N–H and O–H groups in total. The molecule has 8 nitrogen and oxygen atoms in total. The van der Waals surface area contributed by atoms with Gasteiger partial charge in [0.15, 0.2) is 0 Å². The number of nitrogens with one attached hydrogen (secondary N) is 1. The predicted octanol–water partition coefficient (Wildman–Crippen LogP) is 5.08. The topological polar surface area (TPSA) is 76.2 Å². The van der Waals surface area contributed by atoms with Crippen molar-refractivity contribution < 1.29 is 45.1 Å². The summed E-state index contributed by atoms with van der Waals surface area (Å²) in [7, 11) is 3.80. The second-order valence-electron chi connectivity index (χ2n) is 11.5. The van der Waals surface area contributed by atoms with Crippen molar-refractivity contribution in [1.29, 1.82) is 0 Å². The molecule has 2 fully saturated rings. The van der Waals surface area contributed by atoms with Crippen molar-refractivity contribution in [2.75, 3.05) is 33.7 Å². The van der Waals surface area contributed by atoms with Gasteiger partial charge in [-0.05, 0) is 81.4 Å². The molecular formula is C30H34F7N5O3. The smallest absolute Gasteiger partial charge is 0.334 e. The van der Waals surface area contributed by atoms with Gasteiger partial charge in [0, 0.05) is 26.1 Å². The number of amides is 4. The van der Waals surface area contributed by atoms with Crippen molar-refractivity contribution in [2.24, 2.45) is 0 Å². The van der Waals surface area contributed by atoms with E-state index >= 15 is 0 Å². The zero-order chi connectivity index (χ0) is 33.1. The van der Waals surface area contributed by atoms with Crippen molar-refractivity contribution in [3.05, 3.63) is 70.5 Å². The lowest BCUT2D eigenvalue weighted by molar-refractivity contribution is -0.167. The summed E-state index contributed by atoms with van der Waals surface area (Å²) >= 11 is 0. The first kappa shape index (κ1) is 34.0. The van der Waals surface area contributed by atoms with Crippen molar-refractivity contribution in [3.63, 3.8) is 0 Å². The van der Waals surface area contributed by atoms with Crippen LogP contribution in [-0.2, 0) is 35.0 Å². The highest BCUT2D eigenvalue weighted by atomic mass is 19.4. The van der Waals surface area contributed by atoms with Gasteiger partial charge in [-0.1, -0.05) is 12.1 Å². The van der Waals surface area contributed by atoms with E-state index in [9.17, 15) is 45.1 Å². The second kappa shape index (κ2) is 13.6. The number of benzene rings is 2. The fraction of sp³-hybridized carbons (Fsp3) is 0.500. The lowest BCUT2D eigenvalue weighted by Gasteiger charge is -2.52. The summed E-state index contributed by atoms with van der Waals surface area (Å²) in [6.45, 7) is -0.112. The number of rotatable bonds is 9. The summed E-state index contributed by atoms with van der Waals surface area (Å²) in [5.41, 5.74) is -2.94. The number of unbranched alkanes of at least 4 members (excludes halogenated alkanes) is 1. The molecule has 2 aromatic carbocycles. The molecule has 2 saturated heterocycles. The number of hydrogen-bond donors (Lipinski definition) is 1. The minimum absolute atomic E-state index is 0.00321. The Kier molecular flexibility index (Phi) is 10.3. The maximum atomic E-state index is 13.9. The SMILES string of the molecule is CN(C)CCCC[C@H]1C(=O)N(Cc2cccc(F)c2)C[C@@H]2N(C(=O)NCc3cc(C(F)(F)F)cc(C(F)(F)F)c3)CCC(=O)N21. The molecular weight excluding hydrogens is 611 g/mol. The van der Waals surface area contributed by atoms with Crippen LogP contribution in [0.25, 0.3) is 0 Å². The molecule has 2 aliphatic rings. The summed E-state index contributed by atoms with van der Waals surface area (Å²) in [5, 5.41) is 2.39. The Hall–Kier alpha value is -3.88. The molecule has 15 heteroatoms. The van der Waals surface area contributed by atoms with Gasteiger partial charge < -0.3 is 24.9 Å². The molecule has 2 atom stereocenters. The molecule has 2 aliphatic heterocycles. The first-order chi connectivity index (χ1) is 21.0. The van der Waals surface area contributed by atoms with Gasteiger partial charge in [0.2, 0.25) is 11.8 Å². The number of carbonyl (C=O) groups excluding carboxylic acids is 3. The molecule has 0 saturated carbocycles. The van der Waals surface area contributed by atoms with Crippen LogP contribution in [-0.4, -0.2) is 83.4 Å². The number of halogens is 7. The lowest BCUT2D eigenvalue weighted by Crippen LogP contribution is -2.71. The van der Waals surface area contributed by atoms with E-state index in [-0.39, 0.29) is 43.9 Å². The molecule has 2 aromatic rings. The maximum absolute atomic E-state index is 13.9. The maximum Gasteiger partial charge on any atom is 0.416 e. The largest absolute Gasteiger partial charge is 0.416 e. The number of urea groups is 1. The fourth-order valence-electron chi connectivity index (χ4n) is 5.66. The number of nitrogens with zero attached hydrogens (tertiary/aromatic N) is 4. The molecule has 0 bridgehead atoms. The highest BCUT2D eigenvalue weighted by Gasteiger charge is 2.48. The average Bonchev–Trinajstić information content (AvgIpc) is 2.94. The van der Waals surface area contributed by atoms with Crippen LogP contribution >= 0.6 is 0 Å². The predicted molar refractivity (Wildman–Crippen MR) is 149 cm³/mol. The van der Waals surface area contributed by atoms with E-state index < -0.39 is 59.6 Å². The number of alkyl halides is 6. The molecule has 246 valence electrons. The molecule has 0 aliphatic carbocycles. The third-order valence-corrected chi connectivity index (χ3v) is 7.80. The van der Waals surface area contributed by atoms with Crippen LogP contribution in [0.2, 0.25) is 0 Å². The number of hydrogen-bond acceptors (Lipinski definition) is 4. The summed E-state index contributed by atoms with van der Waals surface area (Å²) in [5.74, 6) is -1.22. The Labute approximate surface area is 255 Å². The first-order valence-electron chi connectivity index (χ1n) is 14.4. The highest BCUT2D eigenvalue weighted by Crippen LogP contribution is 2.36. The average molecular weight is 646 g/mol. The van der Waals surface area contributed by atoms with E-state index in [1.54, 1.807) is 6.07 Å².